The molecule has 0 aromatic heterocycles. The Kier molecular flexibility index (Phi) is 52.0. The highest BCUT2D eigenvalue weighted by Crippen LogP contribution is 2.17. The third kappa shape index (κ3) is 49.9. The van der Waals surface area contributed by atoms with Crippen molar-refractivity contribution in [3.63, 3.8) is 0 Å². The largest absolute Gasteiger partial charge is 0.466 e. The number of amides is 1. The number of hydrogen-bond donors (Lipinski definition) is 3. The Morgan fingerprint density at radius 1 is 0.429 bits per heavy atom. The molecule has 0 spiro atoms. The fourth-order valence-electron chi connectivity index (χ4n) is 8.94. The van der Waals surface area contributed by atoms with Gasteiger partial charge in [-0.1, -0.05) is 270 Å². The number of esters is 1. The minimum atomic E-state index is -0.694. The first-order valence-electron chi connectivity index (χ1n) is 28.4. The highest BCUT2D eigenvalue weighted by molar-refractivity contribution is 5.76. The quantitative estimate of drug-likeness (QED) is 0.0321. The normalized spacial score (nSPS) is 12.6. The molecule has 6 heteroatoms. The molecule has 0 aliphatic rings. The number of allylic oxidation sites excluding steroid dienone is 2. The van der Waals surface area contributed by atoms with E-state index >= 15 is 0 Å². The van der Waals surface area contributed by atoms with E-state index < -0.39 is 12.1 Å². The molecule has 0 saturated carbocycles. The lowest BCUT2D eigenvalue weighted by molar-refractivity contribution is -0.143. The van der Waals surface area contributed by atoms with E-state index in [2.05, 4.69) is 31.3 Å². The van der Waals surface area contributed by atoms with Crippen molar-refractivity contribution in [1.29, 1.82) is 0 Å². The van der Waals surface area contributed by atoms with Crippen LogP contribution in [0.25, 0.3) is 0 Å². The van der Waals surface area contributed by atoms with Gasteiger partial charge in [0.05, 0.1) is 25.4 Å². The molecule has 2 atom stereocenters. The number of hydrogen-bond acceptors (Lipinski definition) is 5. The summed E-state index contributed by atoms with van der Waals surface area (Å²) in [7, 11) is 0. The van der Waals surface area contributed by atoms with Crippen LogP contribution in [0.5, 0.6) is 0 Å². The number of unbranched alkanes of at least 4 members (excludes halogenated alkanes) is 40. The Labute approximate surface area is 393 Å². The smallest absolute Gasteiger partial charge is 0.305 e. The highest BCUT2D eigenvalue weighted by atomic mass is 16.5. The zero-order valence-corrected chi connectivity index (χ0v) is 42.6. The van der Waals surface area contributed by atoms with Gasteiger partial charge >= 0.3 is 5.97 Å². The fourth-order valence-corrected chi connectivity index (χ4v) is 8.94. The number of rotatable bonds is 53. The molecule has 63 heavy (non-hydrogen) atoms. The van der Waals surface area contributed by atoms with Crippen molar-refractivity contribution in [1.82, 2.24) is 5.32 Å². The molecule has 0 aromatic carbocycles. The summed E-state index contributed by atoms with van der Waals surface area (Å²) >= 11 is 0. The molecule has 0 aliphatic carbocycles. The van der Waals surface area contributed by atoms with Crippen LogP contribution in [0.3, 0.4) is 0 Å². The van der Waals surface area contributed by atoms with Crippen LogP contribution in [0.15, 0.2) is 12.2 Å². The second-order valence-corrected chi connectivity index (χ2v) is 19.6. The van der Waals surface area contributed by atoms with Gasteiger partial charge in [-0.15, -0.1) is 0 Å². The molecule has 0 rings (SSSR count). The van der Waals surface area contributed by atoms with Crippen LogP contribution in [0.1, 0.15) is 316 Å². The van der Waals surface area contributed by atoms with Gasteiger partial charge in [-0.25, -0.2) is 0 Å². The maximum Gasteiger partial charge on any atom is 0.305 e. The van der Waals surface area contributed by atoms with Crippen LogP contribution in [0.4, 0.5) is 0 Å². The molecule has 0 aromatic rings. The number of carbonyl (C=O) groups excluding carboxylic acids is 2. The monoisotopic (exact) mass is 890 g/mol. The van der Waals surface area contributed by atoms with Crippen LogP contribution in [-0.2, 0) is 14.3 Å². The second kappa shape index (κ2) is 53.2. The SMILES string of the molecule is CCCCCCCCCCCCCCCCCCCCCC(O)C(CO)NC(=O)CCC/C=C\CCCCCCOC(=O)CCCCCCCCCCCCCCCCCCCC. The zero-order chi connectivity index (χ0) is 45.8. The summed E-state index contributed by atoms with van der Waals surface area (Å²) < 4.78 is 5.46. The van der Waals surface area contributed by atoms with E-state index in [1.807, 2.05) is 0 Å². The lowest BCUT2D eigenvalue weighted by Crippen LogP contribution is -2.45. The average Bonchev–Trinajstić information content (AvgIpc) is 3.28. The molecular formula is C57H111NO5. The number of carbonyl (C=O) groups is 2. The van der Waals surface area contributed by atoms with E-state index in [0.717, 1.165) is 70.6 Å². The maximum absolute atomic E-state index is 12.5. The number of nitrogens with one attached hydrogen (secondary N) is 1. The first-order chi connectivity index (χ1) is 31.0. The predicted octanol–water partition coefficient (Wildman–Crippen LogP) is 17.3. The van der Waals surface area contributed by atoms with Gasteiger partial charge in [0.2, 0.25) is 5.91 Å². The average molecular weight is 891 g/mol. The van der Waals surface area contributed by atoms with Crippen molar-refractivity contribution < 1.29 is 24.5 Å². The summed E-state index contributed by atoms with van der Waals surface area (Å²) in [4.78, 5) is 24.5. The van der Waals surface area contributed by atoms with Gasteiger partial charge in [0.15, 0.2) is 0 Å². The second-order valence-electron chi connectivity index (χ2n) is 19.6. The Bertz CT molecular complexity index is 939. The van der Waals surface area contributed by atoms with Gasteiger partial charge in [-0.05, 0) is 44.9 Å². The third-order valence-electron chi connectivity index (χ3n) is 13.3. The molecule has 3 N–H and O–H groups in total. The van der Waals surface area contributed by atoms with Crippen molar-refractivity contribution >= 4 is 11.9 Å². The molecule has 0 bridgehead atoms. The number of aliphatic hydroxyl groups is 2. The van der Waals surface area contributed by atoms with Gasteiger partial charge < -0.3 is 20.3 Å². The van der Waals surface area contributed by atoms with Crippen LogP contribution in [0, 0.1) is 0 Å². The molecule has 374 valence electrons. The lowest BCUT2D eigenvalue weighted by atomic mass is 10.0. The minimum absolute atomic E-state index is 0.0304. The molecule has 6 nitrogen and oxygen atoms in total. The van der Waals surface area contributed by atoms with E-state index in [-0.39, 0.29) is 18.5 Å². The minimum Gasteiger partial charge on any atom is -0.466 e. The van der Waals surface area contributed by atoms with E-state index in [1.54, 1.807) is 0 Å². The molecule has 0 saturated heterocycles. The lowest BCUT2D eigenvalue weighted by Gasteiger charge is -2.22. The zero-order valence-electron chi connectivity index (χ0n) is 42.6. The Morgan fingerprint density at radius 2 is 0.762 bits per heavy atom. The molecule has 0 radical (unpaired) electrons. The van der Waals surface area contributed by atoms with Crippen molar-refractivity contribution in [3.05, 3.63) is 12.2 Å². The molecular weight excluding hydrogens is 779 g/mol. The van der Waals surface area contributed by atoms with Crippen molar-refractivity contribution in [2.24, 2.45) is 0 Å². The van der Waals surface area contributed by atoms with Gasteiger partial charge in [0.1, 0.15) is 0 Å². The summed E-state index contributed by atoms with van der Waals surface area (Å²) in [6.45, 7) is 4.89. The van der Waals surface area contributed by atoms with Gasteiger partial charge in [-0.3, -0.25) is 9.59 Å². The van der Waals surface area contributed by atoms with Crippen LogP contribution in [0.2, 0.25) is 0 Å². The van der Waals surface area contributed by atoms with E-state index in [1.165, 1.54) is 212 Å². The first-order valence-corrected chi connectivity index (χ1v) is 28.4. The van der Waals surface area contributed by atoms with Crippen LogP contribution in [-0.4, -0.2) is 47.4 Å². The summed E-state index contributed by atoms with van der Waals surface area (Å²) in [6, 6.07) is -0.578. The van der Waals surface area contributed by atoms with Gasteiger partial charge in [-0.2, -0.15) is 0 Å². The van der Waals surface area contributed by atoms with E-state index in [0.29, 0.717) is 25.9 Å². The number of aliphatic hydroxyl groups excluding tert-OH is 2. The van der Waals surface area contributed by atoms with Gasteiger partial charge in [0, 0.05) is 12.8 Å². The summed E-state index contributed by atoms with van der Waals surface area (Å²) in [5.41, 5.74) is 0. The Morgan fingerprint density at radius 3 is 1.16 bits per heavy atom. The Balaban J connectivity index is 3.50. The molecule has 2 unspecified atom stereocenters. The van der Waals surface area contributed by atoms with Crippen LogP contribution < -0.4 is 5.32 Å². The molecule has 0 fully saturated rings. The van der Waals surface area contributed by atoms with Crippen molar-refractivity contribution in [3.8, 4) is 0 Å². The van der Waals surface area contributed by atoms with Crippen molar-refractivity contribution in [2.45, 2.75) is 328 Å². The fraction of sp³-hybridized carbons (Fsp3) is 0.930. The number of ether oxygens (including phenoxy) is 1. The maximum atomic E-state index is 12.5. The molecule has 1 amide bonds. The third-order valence-corrected chi connectivity index (χ3v) is 13.3. The molecule has 0 aliphatic heterocycles. The van der Waals surface area contributed by atoms with Crippen LogP contribution >= 0.6 is 0 Å². The Hall–Kier alpha value is -1.40. The standard InChI is InChI=1S/C57H111NO5/c1-3-5-7-9-11-13-15-17-19-21-23-24-26-28-30-33-37-41-45-49-55(60)54(53-59)58-56(61)50-46-42-38-34-32-36-40-44-48-52-63-57(62)51-47-43-39-35-31-29-27-25-22-20-18-16-14-12-10-8-6-4-2/h34,38,54-55,59-60H,3-33,35-37,39-53H2,1-2H3,(H,58,61)/b38-34-. The topological polar surface area (TPSA) is 95.9 Å². The van der Waals surface area contributed by atoms with E-state index in [4.69, 9.17) is 4.74 Å². The summed E-state index contributed by atoms with van der Waals surface area (Å²) in [5.74, 6) is -0.122. The summed E-state index contributed by atoms with van der Waals surface area (Å²) in [5, 5.41) is 23.2. The van der Waals surface area contributed by atoms with E-state index in [9.17, 15) is 19.8 Å². The summed E-state index contributed by atoms with van der Waals surface area (Å²) in [6.07, 6.45) is 62.1. The van der Waals surface area contributed by atoms with Gasteiger partial charge in [0.25, 0.3) is 0 Å². The first kappa shape index (κ1) is 61.6. The molecule has 0 heterocycles. The predicted molar refractivity (Wildman–Crippen MR) is 273 cm³/mol. The highest BCUT2D eigenvalue weighted by Gasteiger charge is 2.20. The van der Waals surface area contributed by atoms with Crippen molar-refractivity contribution in [2.75, 3.05) is 13.2 Å².